The quantitative estimate of drug-likeness (QED) is 0.600. The van der Waals surface area contributed by atoms with Gasteiger partial charge in [0.25, 0.3) is 0 Å². The average Bonchev–Trinajstić information content (AvgIpc) is 3.19. The lowest BCUT2D eigenvalue weighted by Gasteiger charge is -2.33. The summed E-state index contributed by atoms with van der Waals surface area (Å²) < 4.78 is 5.41. The van der Waals surface area contributed by atoms with Crippen molar-refractivity contribution in [2.45, 2.75) is 64.3 Å². The highest BCUT2D eigenvalue weighted by Crippen LogP contribution is 2.34. The molecule has 2 heterocycles. The fourth-order valence-corrected chi connectivity index (χ4v) is 4.33. The van der Waals surface area contributed by atoms with Gasteiger partial charge in [-0.1, -0.05) is 50.6 Å². The van der Waals surface area contributed by atoms with Crippen LogP contribution in [0.25, 0.3) is 0 Å². The van der Waals surface area contributed by atoms with Crippen LogP contribution in [-0.2, 0) is 0 Å². The minimum atomic E-state index is 0.00257. The van der Waals surface area contributed by atoms with Crippen LogP contribution in [0.2, 0.25) is 0 Å². The van der Waals surface area contributed by atoms with Crippen molar-refractivity contribution >= 4 is 0 Å². The van der Waals surface area contributed by atoms with E-state index in [0.717, 1.165) is 23.9 Å². The van der Waals surface area contributed by atoms with Gasteiger partial charge in [0, 0.05) is 18.9 Å². The van der Waals surface area contributed by atoms with Gasteiger partial charge in [-0.15, -0.1) is 0 Å². The maximum absolute atomic E-state index is 5.41. The van der Waals surface area contributed by atoms with E-state index in [2.05, 4.69) is 34.0 Å². The number of pyridine rings is 1. The molecule has 1 aliphatic carbocycles. The molecule has 0 radical (unpaired) electrons. The number of nitrogens with zero attached hydrogens (tertiary/aromatic N) is 4. The molecule has 1 saturated carbocycles. The SMILES string of the molecule is CCCCCC1CCC(CN(C)C(c2ccncc2)c2ncno2)CC1. The summed E-state index contributed by atoms with van der Waals surface area (Å²) in [5.74, 6) is 2.37. The standard InChI is InChI=1S/C21H32N4O/c1-3-4-5-6-17-7-9-18(10-8-17)15-25(2)20(21-23-16-24-26-21)19-11-13-22-14-12-19/h11-14,16-18,20H,3-10,15H2,1-2H3. The van der Waals surface area contributed by atoms with Gasteiger partial charge in [0.2, 0.25) is 5.89 Å². The molecule has 0 aliphatic heterocycles. The third-order valence-corrected chi connectivity index (χ3v) is 5.80. The molecule has 0 spiro atoms. The molecule has 1 fully saturated rings. The summed E-state index contributed by atoms with van der Waals surface area (Å²) >= 11 is 0. The molecule has 0 aromatic carbocycles. The van der Waals surface area contributed by atoms with Crippen molar-refractivity contribution in [1.29, 1.82) is 0 Å². The highest BCUT2D eigenvalue weighted by atomic mass is 16.5. The lowest BCUT2D eigenvalue weighted by molar-refractivity contribution is 0.159. The Labute approximate surface area is 157 Å². The average molecular weight is 357 g/mol. The smallest absolute Gasteiger partial charge is 0.248 e. The molecule has 0 amide bonds. The molecule has 2 aromatic heterocycles. The van der Waals surface area contributed by atoms with Crippen LogP contribution in [-0.4, -0.2) is 33.6 Å². The molecule has 0 N–H and O–H groups in total. The summed E-state index contributed by atoms with van der Waals surface area (Å²) in [4.78, 5) is 10.8. The molecule has 5 nitrogen and oxygen atoms in total. The summed E-state index contributed by atoms with van der Waals surface area (Å²) in [6.07, 6.45) is 16.2. The third-order valence-electron chi connectivity index (χ3n) is 5.80. The van der Waals surface area contributed by atoms with Crippen LogP contribution in [0.4, 0.5) is 0 Å². The fraction of sp³-hybridized carbons (Fsp3) is 0.667. The van der Waals surface area contributed by atoms with Crippen LogP contribution in [0.5, 0.6) is 0 Å². The predicted octanol–water partition coefficient (Wildman–Crippen LogP) is 4.87. The first kappa shape index (κ1) is 19.0. The van der Waals surface area contributed by atoms with Crippen molar-refractivity contribution in [3.63, 3.8) is 0 Å². The van der Waals surface area contributed by atoms with E-state index in [-0.39, 0.29) is 6.04 Å². The zero-order valence-corrected chi connectivity index (χ0v) is 16.2. The normalized spacial score (nSPS) is 21.8. The van der Waals surface area contributed by atoms with E-state index in [4.69, 9.17) is 4.52 Å². The minimum absolute atomic E-state index is 0.00257. The van der Waals surface area contributed by atoms with Crippen LogP contribution >= 0.6 is 0 Å². The molecule has 3 rings (SSSR count). The molecule has 2 aromatic rings. The maximum atomic E-state index is 5.41. The van der Waals surface area contributed by atoms with Gasteiger partial charge in [-0.25, -0.2) is 0 Å². The Hall–Kier alpha value is -1.75. The van der Waals surface area contributed by atoms with Gasteiger partial charge in [-0.3, -0.25) is 9.88 Å². The largest absolute Gasteiger partial charge is 0.338 e. The van der Waals surface area contributed by atoms with Gasteiger partial charge < -0.3 is 4.52 Å². The van der Waals surface area contributed by atoms with Crippen molar-refractivity contribution in [1.82, 2.24) is 20.0 Å². The molecular formula is C21H32N4O. The Bertz CT molecular complexity index is 608. The molecule has 5 heteroatoms. The first-order chi connectivity index (χ1) is 12.8. The maximum Gasteiger partial charge on any atom is 0.248 e. The number of aromatic nitrogens is 3. The second-order valence-electron chi connectivity index (χ2n) is 7.78. The lowest BCUT2D eigenvalue weighted by Crippen LogP contribution is -2.32. The first-order valence-corrected chi connectivity index (χ1v) is 10.1. The van der Waals surface area contributed by atoms with Gasteiger partial charge in [0.1, 0.15) is 6.04 Å². The van der Waals surface area contributed by atoms with E-state index in [1.165, 1.54) is 57.7 Å². The van der Waals surface area contributed by atoms with E-state index in [1.807, 2.05) is 24.5 Å². The first-order valence-electron chi connectivity index (χ1n) is 10.1. The molecule has 142 valence electrons. The van der Waals surface area contributed by atoms with Crippen molar-refractivity contribution in [3.8, 4) is 0 Å². The molecular weight excluding hydrogens is 324 g/mol. The highest BCUT2D eigenvalue weighted by molar-refractivity contribution is 5.20. The Morgan fingerprint density at radius 1 is 1.12 bits per heavy atom. The highest BCUT2D eigenvalue weighted by Gasteiger charge is 2.28. The van der Waals surface area contributed by atoms with Gasteiger partial charge in [0.15, 0.2) is 6.33 Å². The summed E-state index contributed by atoms with van der Waals surface area (Å²) in [7, 11) is 2.17. The summed E-state index contributed by atoms with van der Waals surface area (Å²) in [6, 6.07) is 4.08. The molecule has 0 saturated heterocycles. The summed E-state index contributed by atoms with van der Waals surface area (Å²) in [5.41, 5.74) is 1.15. The minimum Gasteiger partial charge on any atom is -0.338 e. The van der Waals surface area contributed by atoms with Gasteiger partial charge in [0.05, 0.1) is 0 Å². The van der Waals surface area contributed by atoms with Crippen molar-refractivity contribution in [2.24, 2.45) is 11.8 Å². The van der Waals surface area contributed by atoms with Crippen LogP contribution in [0.1, 0.15) is 75.8 Å². The van der Waals surface area contributed by atoms with Crippen molar-refractivity contribution < 1.29 is 4.52 Å². The van der Waals surface area contributed by atoms with Gasteiger partial charge in [-0.05, 0) is 49.4 Å². The van der Waals surface area contributed by atoms with Gasteiger partial charge >= 0.3 is 0 Å². The van der Waals surface area contributed by atoms with E-state index < -0.39 is 0 Å². The Morgan fingerprint density at radius 2 is 1.85 bits per heavy atom. The summed E-state index contributed by atoms with van der Waals surface area (Å²) in [5, 5.41) is 3.81. The number of hydrogen-bond donors (Lipinski definition) is 0. The molecule has 1 atom stereocenters. The monoisotopic (exact) mass is 356 g/mol. The third kappa shape index (κ3) is 5.13. The Kier molecular flexibility index (Phi) is 7.18. The Balaban J connectivity index is 1.57. The second kappa shape index (κ2) is 9.81. The van der Waals surface area contributed by atoms with Crippen molar-refractivity contribution in [3.05, 3.63) is 42.3 Å². The second-order valence-corrected chi connectivity index (χ2v) is 7.78. The molecule has 1 unspecified atom stereocenters. The van der Waals surface area contributed by atoms with Crippen LogP contribution < -0.4 is 0 Å². The fourth-order valence-electron chi connectivity index (χ4n) is 4.33. The van der Waals surface area contributed by atoms with E-state index in [9.17, 15) is 0 Å². The lowest BCUT2D eigenvalue weighted by atomic mass is 9.79. The number of rotatable bonds is 9. The molecule has 1 aliphatic rings. The zero-order chi connectivity index (χ0) is 18.2. The number of hydrogen-bond acceptors (Lipinski definition) is 5. The van der Waals surface area contributed by atoms with Crippen molar-refractivity contribution in [2.75, 3.05) is 13.6 Å². The Morgan fingerprint density at radius 3 is 2.50 bits per heavy atom. The van der Waals surface area contributed by atoms with E-state index >= 15 is 0 Å². The van der Waals surface area contributed by atoms with E-state index in [0.29, 0.717) is 5.89 Å². The van der Waals surface area contributed by atoms with Crippen LogP contribution in [0, 0.1) is 11.8 Å². The zero-order valence-electron chi connectivity index (χ0n) is 16.2. The van der Waals surface area contributed by atoms with Crippen LogP contribution in [0.15, 0.2) is 35.4 Å². The topological polar surface area (TPSA) is 55.1 Å². The van der Waals surface area contributed by atoms with Gasteiger partial charge in [-0.2, -0.15) is 4.98 Å². The van der Waals surface area contributed by atoms with E-state index in [1.54, 1.807) is 0 Å². The summed E-state index contributed by atoms with van der Waals surface area (Å²) in [6.45, 7) is 3.35. The molecule has 26 heavy (non-hydrogen) atoms. The van der Waals surface area contributed by atoms with Crippen LogP contribution in [0.3, 0.4) is 0 Å². The number of unbranched alkanes of at least 4 members (excludes halogenated alkanes) is 2. The molecule has 0 bridgehead atoms. The predicted molar refractivity (Wildman–Crippen MR) is 103 cm³/mol.